The SMILES string of the molecule is C=CCN(c1ccc([C@H](N)CC)cc1)C(C)C. The minimum atomic E-state index is 0.149. The second-order valence-corrected chi connectivity index (χ2v) is 4.64. The highest BCUT2D eigenvalue weighted by Crippen LogP contribution is 2.21. The van der Waals surface area contributed by atoms with E-state index in [2.05, 4.69) is 56.5 Å². The first kappa shape index (κ1) is 13.8. The number of nitrogens with two attached hydrogens (primary N) is 1. The molecule has 0 aromatic heterocycles. The van der Waals surface area contributed by atoms with Crippen LogP contribution >= 0.6 is 0 Å². The van der Waals surface area contributed by atoms with Gasteiger partial charge in [0, 0.05) is 24.3 Å². The highest BCUT2D eigenvalue weighted by atomic mass is 15.1. The Hall–Kier alpha value is -1.28. The van der Waals surface area contributed by atoms with Gasteiger partial charge in [0.05, 0.1) is 0 Å². The van der Waals surface area contributed by atoms with Gasteiger partial charge in [0.1, 0.15) is 0 Å². The summed E-state index contributed by atoms with van der Waals surface area (Å²) in [6.07, 6.45) is 2.91. The normalized spacial score (nSPS) is 12.5. The Morgan fingerprint density at radius 2 is 1.88 bits per heavy atom. The molecule has 0 aliphatic carbocycles. The second kappa shape index (κ2) is 6.45. The summed E-state index contributed by atoms with van der Waals surface area (Å²) in [6, 6.07) is 9.17. The highest BCUT2D eigenvalue weighted by Gasteiger charge is 2.09. The van der Waals surface area contributed by atoms with Crippen LogP contribution in [0.3, 0.4) is 0 Å². The molecule has 0 unspecified atom stereocenters. The van der Waals surface area contributed by atoms with Crippen LogP contribution in [0.2, 0.25) is 0 Å². The maximum atomic E-state index is 6.01. The molecule has 2 nitrogen and oxygen atoms in total. The number of hydrogen-bond donors (Lipinski definition) is 1. The quantitative estimate of drug-likeness (QED) is 0.761. The van der Waals surface area contributed by atoms with Crippen LogP contribution in [0, 0.1) is 0 Å². The van der Waals surface area contributed by atoms with Crippen LogP contribution < -0.4 is 10.6 Å². The molecule has 1 aromatic carbocycles. The Balaban J connectivity index is 2.87. The van der Waals surface area contributed by atoms with E-state index in [1.54, 1.807) is 0 Å². The third-order valence-corrected chi connectivity index (χ3v) is 3.04. The minimum absolute atomic E-state index is 0.149. The molecule has 17 heavy (non-hydrogen) atoms. The van der Waals surface area contributed by atoms with Crippen molar-refractivity contribution in [2.24, 2.45) is 5.73 Å². The summed E-state index contributed by atoms with van der Waals surface area (Å²) < 4.78 is 0. The zero-order valence-electron chi connectivity index (χ0n) is 11.2. The van der Waals surface area contributed by atoms with E-state index in [1.165, 1.54) is 11.3 Å². The standard InChI is InChI=1S/C15H24N2/c1-5-11-17(12(3)4)14-9-7-13(8-10-14)15(16)6-2/h5,7-10,12,15H,1,6,11,16H2,2-4H3/t15-/m1/s1. The minimum Gasteiger partial charge on any atom is -0.365 e. The van der Waals surface area contributed by atoms with Gasteiger partial charge in [-0.3, -0.25) is 0 Å². The van der Waals surface area contributed by atoms with Crippen molar-refractivity contribution in [3.8, 4) is 0 Å². The van der Waals surface area contributed by atoms with Gasteiger partial charge in [0.25, 0.3) is 0 Å². The lowest BCUT2D eigenvalue weighted by molar-refractivity contribution is 0.696. The van der Waals surface area contributed by atoms with Gasteiger partial charge >= 0.3 is 0 Å². The molecule has 1 aromatic rings. The molecule has 2 heteroatoms. The molecule has 2 N–H and O–H groups in total. The Labute approximate surface area is 105 Å². The highest BCUT2D eigenvalue weighted by molar-refractivity contribution is 5.49. The van der Waals surface area contributed by atoms with E-state index in [4.69, 9.17) is 5.73 Å². The van der Waals surface area contributed by atoms with E-state index < -0.39 is 0 Å². The summed E-state index contributed by atoms with van der Waals surface area (Å²) in [6.45, 7) is 11.2. The van der Waals surface area contributed by atoms with Crippen molar-refractivity contribution in [3.63, 3.8) is 0 Å². The van der Waals surface area contributed by atoms with E-state index in [-0.39, 0.29) is 6.04 Å². The van der Waals surface area contributed by atoms with Gasteiger partial charge in [-0.05, 0) is 38.0 Å². The van der Waals surface area contributed by atoms with E-state index in [0.717, 1.165) is 13.0 Å². The number of hydrogen-bond acceptors (Lipinski definition) is 2. The van der Waals surface area contributed by atoms with Crippen LogP contribution in [-0.2, 0) is 0 Å². The van der Waals surface area contributed by atoms with Gasteiger partial charge < -0.3 is 10.6 Å². The lowest BCUT2D eigenvalue weighted by atomic mass is 10.0. The summed E-state index contributed by atoms with van der Waals surface area (Å²) in [4.78, 5) is 2.31. The van der Waals surface area contributed by atoms with Crippen molar-refractivity contribution in [3.05, 3.63) is 42.5 Å². The Kier molecular flexibility index (Phi) is 5.23. The molecule has 1 atom stereocenters. The zero-order chi connectivity index (χ0) is 12.8. The molecule has 0 aliphatic heterocycles. The number of anilines is 1. The van der Waals surface area contributed by atoms with Crippen molar-refractivity contribution < 1.29 is 0 Å². The predicted octanol–water partition coefficient (Wildman–Crippen LogP) is 3.50. The van der Waals surface area contributed by atoms with Crippen molar-refractivity contribution in [2.75, 3.05) is 11.4 Å². The van der Waals surface area contributed by atoms with E-state index in [0.29, 0.717) is 6.04 Å². The number of nitrogens with zero attached hydrogens (tertiary/aromatic N) is 1. The summed E-state index contributed by atoms with van der Waals surface area (Å²) >= 11 is 0. The smallest absolute Gasteiger partial charge is 0.0371 e. The van der Waals surface area contributed by atoms with Crippen LogP contribution in [0.25, 0.3) is 0 Å². The zero-order valence-corrected chi connectivity index (χ0v) is 11.2. The summed E-state index contributed by atoms with van der Waals surface area (Å²) in [7, 11) is 0. The van der Waals surface area contributed by atoms with Crippen molar-refractivity contribution in [1.29, 1.82) is 0 Å². The Bertz CT molecular complexity index is 340. The molecule has 0 radical (unpaired) electrons. The van der Waals surface area contributed by atoms with E-state index >= 15 is 0 Å². The lowest BCUT2D eigenvalue weighted by Crippen LogP contribution is -2.30. The van der Waals surface area contributed by atoms with Gasteiger partial charge in [-0.2, -0.15) is 0 Å². The lowest BCUT2D eigenvalue weighted by Gasteiger charge is -2.28. The van der Waals surface area contributed by atoms with Gasteiger partial charge in [-0.15, -0.1) is 6.58 Å². The average Bonchev–Trinajstić information content (AvgIpc) is 2.35. The maximum Gasteiger partial charge on any atom is 0.0371 e. The summed E-state index contributed by atoms with van der Waals surface area (Å²) in [5, 5.41) is 0. The first-order valence-electron chi connectivity index (χ1n) is 6.33. The molecule has 0 fully saturated rings. The largest absolute Gasteiger partial charge is 0.365 e. The first-order chi connectivity index (χ1) is 8.10. The maximum absolute atomic E-state index is 6.01. The Morgan fingerprint density at radius 3 is 2.29 bits per heavy atom. The van der Waals surface area contributed by atoms with Crippen LogP contribution in [0.5, 0.6) is 0 Å². The molecule has 0 spiro atoms. The van der Waals surface area contributed by atoms with Crippen molar-refractivity contribution in [2.45, 2.75) is 39.3 Å². The van der Waals surface area contributed by atoms with Crippen molar-refractivity contribution in [1.82, 2.24) is 0 Å². The van der Waals surface area contributed by atoms with Crippen LogP contribution in [0.4, 0.5) is 5.69 Å². The fourth-order valence-electron chi connectivity index (χ4n) is 1.90. The molecular formula is C15H24N2. The van der Waals surface area contributed by atoms with Crippen LogP contribution in [-0.4, -0.2) is 12.6 Å². The fourth-order valence-corrected chi connectivity index (χ4v) is 1.90. The second-order valence-electron chi connectivity index (χ2n) is 4.64. The van der Waals surface area contributed by atoms with Crippen molar-refractivity contribution >= 4 is 5.69 Å². The van der Waals surface area contributed by atoms with Crippen LogP contribution in [0.15, 0.2) is 36.9 Å². The third-order valence-electron chi connectivity index (χ3n) is 3.04. The molecule has 0 heterocycles. The predicted molar refractivity (Wildman–Crippen MR) is 76.3 cm³/mol. The summed E-state index contributed by atoms with van der Waals surface area (Å²) in [5.41, 5.74) is 8.44. The molecule has 0 amide bonds. The number of benzene rings is 1. The van der Waals surface area contributed by atoms with Crippen LogP contribution in [0.1, 0.15) is 38.8 Å². The molecule has 0 aliphatic rings. The fraction of sp³-hybridized carbons (Fsp3) is 0.467. The molecule has 0 saturated carbocycles. The van der Waals surface area contributed by atoms with E-state index in [9.17, 15) is 0 Å². The van der Waals surface area contributed by atoms with Gasteiger partial charge in [-0.25, -0.2) is 0 Å². The molecule has 94 valence electrons. The molecule has 0 saturated heterocycles. The molecule has 1 rings (SSSR count). The molecule has 0 bridgehead atoms. The van der Waals surface area contributed by atoms with E-state index in [1.807, 2.05) is 6.08 Å². The average molecular weight is 232 g/mol. The Morgan fingerprint density at radius 1 is 1.29 bits per heavy atom. The van der Waals surface area contributed by atoms with Gasteiger partial charge in [-0.1, -0.05) is 25.1 Å². The van der Waals surface area contributed by atoms with Gasteiger partial charge in [0.15, 0.2) is 0 Å². The topological polar surface area (TPSA) is 29.3 Å². The first-order valence-corrected chi connectivity index (χ1v) is 6.33. The van der Waals surface area contributed by atoms with Gasteiger partial charge in [0.2, 0.25) is 0 Å². The molecular weight excluding hydrogens is 208 g/mol. The third kappa shape index (κ3) is 3.60. The monoisotopic (exact) mass is 232 g/mol. The number of rotatable bonds is 6. The summed E-state index contributed by atoms with van der Waals surface area (Å²) in [5.74, 6) is 0.